The molecule has 1 aromatic rings. The highest BCUT2D eigenvalue weighted by Gasteiger charge is 2.31. The van der Waals surface area contributed by atoms with E-state index in [-0.39, 0.29) is 24.0 Å². The van der Waals surface area contributed by atoms with E-state index in [2.05, 4.69) is 33.8 Å². The largest absolute Gasteiger partial charge is 0.483 e. The van der Waals surface area contributed by atoms with Gasteiger partial charge in [0.05, 0.1) is 0 Å². The van der Waals surface area contributed by atoms with Crippen LogP contribution in [0.3, 0.4) is 0 Å². The van der Waals surface area contributed by atoms with E-state index >= 15 is 0 Å². The van der Waals surface area contributed by atoms with Gasteiger partial charge < -0.3 is 15.4 Å². The number of hydrogen-bond acceptors (Lipinski definition) is 3. The zero-order valence-corrected chi connectivity index (χ0v) is 14.1. The number of para-hydroxylation sites is 1. The fraction of sp³-hybridized carbons (Fsp3) is 0.611. The van der Waals surface area contributed by atoms with Gasteiger partial charge in [0, 0.05) is 12.6 Å². The number of nitrogens with zero attached hydrogens (tertiary/aromatic N) is 1. The van der Waals surface area contributed by atoms with Gasteiger partial charge in [-0.05, 0) is 42.9 Å². The molecule has 2 rings (SSSR count). The minimum absolute atomic E-state index is 0.00871. The molecule has 0 aliphatic carbocycles. The number of carbonyl (C=O) groups is 1. The van der Waals surface area contributed by atoms with Crippen molar-refractivity contribution in [3.63, 3.8) is 0 Å². The monoisotopic (exact) mass is 304 g/mol. The van der Waals surface area contributed by atoms with Crippen LogP contribution in [0.15, 0.2) is 24.3 Å². The molecule has 1 aromatic carbocycles. The second-order valence-electron chi connectivity index (χ2n) is 7.27. The second-order valence-corrected chi connectivity index (χ2v) is 7.27. The van der Waals surface area contributed by atoms with Gasteiger partial charge in [-0.3, -0.25) is 4.79 Å². The van der Waals surface area contributed by atoms with Crippen molar-refractivity contribution in [1.29, 1.82) is 0 Å². The van der Waals surface area contributed by atoms with Crippen molar-refractivity contribution < 1.29 is 9.53 Å². The van der Waals surface area contributed by atoms with Crippen molar-refractivity contribution >= 4 is 5.91 Å². The number of likely N-dealkylation sites (tertiary alicyclic amines) is 1. The Morgan fingerprint density at radius 1 is 1.36 bits per heavy atom. The molecule has 122 valence electrons. The van der Waals surface area contributed by atoms with Crippen LogP contribution in [0.2, 0.25) is 0 Å². The third-order valence-corrected chi connectivity index (χ3v) is 4.36. The van der Waals surface area contributed by atoms with Gasteiger partial charge in [0.15, 0.2) is 6.61 Å². The van der Waals surface area contributed by atoms with E-state index in [1.807, 2.05) is 23.1 Å². The average molecular weight is 304 g/mol. The van der Waals surface area contributed by atoms with Gasteiger partial charge in [-0.1, -0.05) is 39.0 Å². The van der Waals surface area contributed by atoms with Crippen molar-refractivity contribution in [2.45, 2.75) is 45.6 Å². The van der Waals surface area contributed by atoms with Gasteiger partial charge in [-0.25, -0.2) is 0 Å². The summed E-state index contributed by atoms with van der Waals surface area (Å²) in [5.41, 5.74) is 6.84. The predicted octanol–water partition coefficient (Wildman–Crippen LogP) is 2.56. The van der Waals surface area contributed by atoms with Gasteiger partial charge in [0.25, 0.3) is 5.91 Å². The summed E-state index contributed by atoms with van der Waals surface area (Å²) in [5.74, 6) is 1.26. The van der Waals surface area contributed by atoms with E-state index in [0.29, 0.717) is 12.5 Å². The highest BCUT2D eigenvalue weighted by atomic mass is 16.5. The lowest BCUT2D eigenvalue weighted by Crippen LogP contribution is -2.38. The molecule has 0 spiro atoms. The SMILES string of the molecule is CC1CC(CN)CN1C(=O)COc1ccccc1C(C)(C)C. The number of carbonyl (C=O) groups excluding carboxylic acids is 1. The van der Waals surface area contributed by atoms with Crippen LogP contribution in [0.5, 0.6) is 5.75 Å². The first-order valence-electron chi connectivity index (χ1n) is 8.04. The van der Waals surface area contributed by atoms with Crippen LogP contribution < -0.4 is 10.5 Å². The summed E-state index contributed by atoms with van der Waals surface area (Å²) in [6.45, 7) is 10.00. The number of rotatable bonds is 4. The Kier molecular flexibility index (Phi) is 5.12. The zero-order valence-electron chi connectivity index (χ0n) is 14.1. The first-order valence-corrected chi connectivity index (χ1v) is 8.04. The number of amides is 1. The number of ether oxygens (including phenoxy) is 1. The van der Waals surface area contributed by atoms with Crippen LogP contribution in [-0.4, -0.2) is 36.5 Å². The Balaban J connectivity index is 2.01. The smallest absolute Gasteiger partial charge is 0.260 e. The lowest BCUT2D eigenvalue weighted by molar-refractivity contribution is -0.134. The summed E-state index contributed by atoms with van der Waals surface area (Å²) in [6, 6.07) is 8.19. The molecule has 2 atom stereocenters. The van der Waals surface area contributed by atoms with Gasteiger partial charge in [-0.15, -0.1) is 0 Å². The van der Waals surface area contributed by atoms with Crippen LogP contribution in [-0.2, 0) is 10.2 Å². The predicted molar refractivity (Wildman–Crippen MR) is 89.0 cm³/mol. The zero-order chi connectivity index (χ0) is 16.3. The second kappa shape index (κ2) is 6.69. The maximum Gasteiger partial charge on any atom is 0.260 e. The third-order valence-electron chi connectivity index (χ3n) is 4.36. The van der Waals surface area contributed by atoms with Crippen molar-refractivity contribution in [3.05, 3.63) is 29.8 Å². The molecule has 1 heterocycles. The molecule has 0 aromatic heterocycles. The van der Waals surface area contributed by atoms with Crippen LogP contribution in [0.1, 0.15) is 39.7 Å². The summed E-state index contributed by atoms with van der Waals surface area (Å²) in [6.07, 6.45) is 0.987. The number of benzene rings is 1. The van der Waals surface area contributed by atoms with Crippen molar-refractivity contribution in [2.75, 3.05) is 19.7 Å². The van der Waals surface area contributed by atoms with Crippen LogP contribution in [0.25, 0.3) is 0 Å². The molecule has 1 fully saturated rings. The highest BCUT2D eigenvalue weighted by molar-refractivity contribution is 5.78. The summed E-state index contributed by atoms with van der Waals surface area (Å²) < 4.78 is 5.83. The molecule has 2 unspecified atom stereocenters. The fourth-order valence-corrected chi connectivity index (χ4v) is 3.10. The summed E-state index contributed by atoms with van der Waals surface area (Å²) in [4.78, 5) is 14.3. The summed E-state index contributed by atoms with van der Waals surface area (Å²) >= 11 is 0. The Hall–Kier alpha value is -1.55. The summed E-state index contributed by atoms with van der Waals surface area (Å²) in [5, 5.41) is 0. The Labute approximate surface area is 133 Å². The maximum absolute atomic E-state index is 12.4. The quantitative estimate of drug-likeness (QED) is 0.930. The molecular formula is C18H28N2O2. The molecule has 4 nitrogen and oxygen atoms in total. The summed E-state index contributed by atoms with van der Waals surface area (Å²) in [7, 11) is 0. The third kappa shape index (κ3) is 3.80. The van der Waals surface area contributed by atoms with Gasteiger partial charge in [0.1, 0.15) is 5.75 Å². The lowest BCUT2D eigenvalue weighted by Gasteiger charge is -2.24. The molecule has 1 aliphatic rings. The molecule has 0 bridgehead atoms. The minimum Gasteiger partial charge on any atom is -0.483 e. The van der Waals surface area contributed by atoms with Crippen LogP contribution in [0.4, 0.5) is 0 Å². The number of nitrogens with two attached hydrogens (primary N) is 1. The van der Waals surface area contributed by atoms with Crippen molar-refractivity contribution in [1.82, 2.24) is 4.90 Å². The number of hydrogen-bond donors (Lipinski definition) is 1. The molecule has 1 amide bonds. The molecule has 1 saturated heterocycles. The average Bonchev–Trinajstić information content (AvgIpc) is 2.85. The minimum atomic E-state index is -0.00871. The Morgan fingerprint density at radius 2 is 2.05 bits per heavy atom. The van der Waals surface area contributed by atoms with Gasteiger partial charge in [-0.2, -0.15) is 0 Å². The van der Waals surface area contributed by atoms with E-state index in [4.69, 9.17) is 10.5 Å². The van der Waals surface area contributed by atoms with E-state index < -0.39 is 0 Å². The van der Waals surface area contributed by atoms with E-state index in [1.54, 1.807) is 0 Å². The molecule has 2 N–H and O–H groups in total. The van der Waals surface area contributed by atoms with Crippen molar-refractivity contribution in [3.8, 4) is 5.75 Å². The first kappa shape index (κ1) is 16.8. The highest BCUT2D eigenvalue weighted by Crippen LogP contribution is 2.31. The first-order chi connectivity index (χ1) is 10.3. The van der Waals surface area contributed by atoms with E-state index in [0.717, 1.165) is 24.3 Å². The lowest BCUT2D eigenvalue weighted by atomic mass is 9.86. The van der Waals surface area contributed by atoms with Crippen LogP contribution >= 0.6 is 0 Å². The van der Waals surface area contributed by atoms with Gasteiger partial charge in [0.2, 0.25) is 0 Å². The maximum atomic E-state index is 12.4. The molecular weight excluding hydrogens is 276 g/mol. The van der Waals surface area contributed by atoms with E-state index in [9.17, 15) is 4.79 Å². The van der Waals surface area contributed by atoms with E-state index in [1.165, 1.54) is 0 Å². The standard InChI is InChI=1S/C18H28N2O2/c1-13-9-14(10-19)11-20(13)17(21)12-22-16-8-6-5-7-15(16)18(2,3)4/h5-8,13-14H,9-12,19H2,1-4H3. The molecule has 0 radical (unpaired) electrons. The normalized spacial score (nSPS) is 22.0. The Bertz CT molecular complexity index is 522. The Morgan fingerprint density at radius 3 is 2.64 bits per heavy atom. The molecule has 0 saturated carbocycles. The molecule has 22 heavy (non-hydrogen) atoms. The molecule has 1 aliphatic heterocycles. The fourth-order valence-electron chi connectivity index (χ4n) is 3.10. The molecule has 4 heteroatoms. The van der Waals surface area contributed by atoms with Crippen molar-refractivity contribution in [2.24, 2.45) is 11.7 Å². The van der Waals surface area contributed by atoms with Crippen LogP contribution in [0, 0.1) is 5.92 Å². The van der Waals surface area contributed by atoms with Gasteiger partial charge >= 0.3 is 0 Å². The topological polar surface area (TPSA) is 55.6 Å².